The Hall–Kier alpha value is -3.34. The number of primary amides is 1. The third kappa shape index (κ3) is 4.20. The quantitative estimate of drug-likeness (QED) is 0.559. The largest absolute Gasteiger partial charge is 0.366 e. The van der Waals surface area contributed by atoms with Gasteiger partial charge in [0.25, 0.3) is 5.91 Å². The Kier molecular flexibility index (Phi) is 6.45. The van der Waals surface area contributed by atoms with Crippen molar-refractivity contribution in [2.45, 2.75) is 46.1 Å². The van der Waals surface area contributed by atoms with Crippen LogP contribution in [-0.2, 0) is 17.8 Å². The number of aromatic nitrogens is 1. The first-order valence-electron chi connectivity index (χ1n) is 11.5. The summed E-state index contributed by atoms with van der Waals surface area (Å²) >= 11 is 0. The summed E-state index contributed by atoms with van der Waals surface area (Å²) < 4.78 is 2.22. The maximum atomic E-state index is 12.5. The summed E-state index contributed by atoms with van der Waals surface area (Å²) in [6, 6.07) is 18.6. The van der Waals surface area contributed by atoms with Crippen molar-refractivity contribution in [3.8, 4) is 22.3 Å². The Morgan fingerprint density at radius 2 is 1.62 bits per heavy atom. The van der Waals surface area contributed by atoms with E-state index >= 15 is 0 Å². The minimum absolute atomic E-state index is 0.252. The average molecular weight is 430 g/mol. The Bertz CT molecular complexity index is 1110. The fraction of sp³-hybridized carbons (Fsp3) is 0.333. The van der Waals surface area contributed by atoms with Gasteiger partial charge in [-0.3, -0.25) is 9.59 Å². The molecule has 1 aliphatic heterocycles. The van der Waals surface area contributed by atoms with Crippen LogP contribution in [0.4, 0.5) is 0 Å². The molecule has 166 valence electrons. The first-order chi connectivity index (χ1) is 15.5. The second-order valence-corrected chi connectivity index (χ2v) is 8.43. The molecule has 5 heteroatoms. The molecule has 1 fully saturated rings. The van der Waals surface area contributed by atoms with Crippen LogP contribution in [0.1, 0.15) is 47.9 Å². The minimum atomic E-state index is -0.396. The standard InChI is InChI=1S/C27H31N3O2/c1-3-23-26(22-14-12-21(13-15-22)20-9-5-4-6-10-20)25(27(28)32)19(2)30(23)18-8-17-29-16-7-11-24(29)31/h4-6,9-10,12-15H,3,7-8,11,16-18H2,1-2H3,(H2,28,32). The van der Waals surface area contributed by atoms with Gasteiger partial charge in [-0.1, -0.05) is 61.5 Å². The summed E-state index contributed by atoms with van der Waals surface area (Å²) in [6.45, 7) is 6.47. The van der Waals surface area contributed by atoms with Crippen molar-refractivity contribution in [3.63, 3.8) is 0 Å². The molecule has 0 aliphatic carbocycles. The number of amides is 2. The third-order valence-electron chi connectivity index (χ3n) is 6.47. The normalized spacial score (nSPS) is 13.7. The molecule has 1 aromatic heterocycles. The van der Waals surface area contributed by atoms with E-state index < -0.39 is 5.91 Å². The van der Waals surface area contributed by atoms with E-state index in [9.17, 15) is 9.59 Å². The van der Waals surface area contributed by atoms with Crippen LogP contribution < -0.4 is 5.73 Å². The van der Waals surface area contributed by atoms with E-state index in [4.69, 9.17) is 5.73 Å². The number of likely N-dealkylation sites (tertiary alicyclic amines) is 1. The van der Waals surface area contributed by atoms with Crippen LogP contribution >= 0.6 is 0 Å². The van der Waals surface area contributed by atoms with E-state index in [0.717, 1.165) is 72.5 Å². The lowest BCUT2D eigenvalue weighted by atomic mass is 9.96. The molecule has 32 heavy (non-hydrogen) atoms. The zero-order valence-corrected chi connectivity index (χ0v) is 18.9. The second-order valence-electron chi connectivity index (χ2n) is 8.43. The van der Waals surface area contributed by atoms with Crippen molar-refractivity contribution in [3.05, 3.63) is 71.5 Å². The molecule has 3 aromatic rings. The molecule has 4 rings (SSSR count). The molecule has 2 N–H and O–H groups in total. The zero-order valence-electron chi connectivity index (χ0n) is 18.9. The fourth-order valence-electron chi connectivity index (χ4n) is 4.90. The first kappa shape index (κ1) is 21.9. The summed E-state index contributed by atoms with van der Waals surface area (Å²) in [7, 11) is 0. The van der Waals surface area contributed by atoms with E-state index in [1.54, 1.807) is 0 Å². The minimum Gasteiger partial charge on any atom is -0.366 e. The van der Waals surface area contributed by atoms with E-state index in [-0.39, 0.29) is 5.91 Å². The van der Waals surface area contributed by atoms with Crippen LogP contribution in [0, 0.1) is 6.92 Å². The van der Waals surface area contributed by atoms with Crippen LogP contribution in [0.15, 0.2) is 54.6 Å². The van der Waals surface area contributed by atoms with Gasteiger partial charge in [-0.25, -0.2) is 0 Å². The predicted molar refractivity (Wildman–Crippen MR) is 128 cm³/mol. The molecular formula is C27H31N3O2. The highest BCUT2D eigenvalue weighted by Gasteiger charge is 2.24. The van der Waals surface area contributed by atoms with Crippen LogP contribution in [0.25, 0.3) is 22.3 Å². The Labute approximate surface area is 189 Å². The highest BCUT2D eigenvalue weighted by atomic mass is 16.2. The zero-order chi connectivity index (χ0) is 22.7. The van der Waals surface area contributed by atoms with Crippen molar-refractivity contribution >= 4 is 11.8 Å². The highest BCUT2D eigenvalue weighted by Crippen LogP contribution is 2.34. The number of rotatable bonds is 8. The number of nitrogens with zero attached hydrogens (tertiary/aromatic N) is 2. The fourth-order valence-corrected chi connectivity index (χ4v) is 4.90. The molecule has 2 amide bonds. The molecule has 1 aliphatic rings. The Morgan fingerprint density at radius 3 is 2.22 bits per heavy atom. The van der Waals surface area contributed by atoms with Gasteiger partial charge in [-0.15, -0.1) is 0 Å². The van der Waals surface area contributed by atoms with Crippen molar-refractivity contribution in [2.75, 3.05) is 13.1 Å². The van der Waals surface area contributed by atoms with E-state index in [2.05, 4.69) is 47.9 Å². The van der Waals surface area contributed by atoms with E-state index in [1.165, 1.54) is 0 Å². The van der Waals surface area contributed by atoms with Crippen molar-refractivity contribution in [1.82, 2.24) is 9.47 Å². The second kappa shape index (κ2) is 9.43. The molecule has 0 saturated carbocycles. The van der Waals surface area contributed by atoms with Crippen LogP contribution in [0.2, 0.25) is 0 Å². The molecule has 0 bridgehead atoms. The number of benzene rings is 2. The maximum absolute atomic E-state index is 12.5. The maximum Gasteiger partial charge on any atom is 0.251 e. The number of nitrogens with two attached hydrogens (primary N) is 1. The van der Waals surface area contributed by atoms with Crippen molar-refractivity contribution in [2.24, 2.45) is 5.73 Å². The lowest BCUT2D eigenvalue weighted by Crippen LogP contribution is -2.26. The Morgan fingerprint density at radius 1 is 0.969 bits per heavy atom. The van der Waals surface area contributed by atoms with Gasteiger partial charge in [0.05, 0.1) is 5.56 Å². The monoisotopic (exact) mass is 429 g/mol. The van der Waals surface area contributed by atoms with Crippen LogP contribution in [-0.4, -0.2) is 34.4 Å². The van der Waals surface area contributed by atoms with Gasteiger partial charge < -0.3 is 15.2 Å². The molecule has 0 atom stereocenters. The molecule has 2 aromatic carbocycles. The van der Waals surface area contributed by atoms with Gasteiger partial charge in [0.1, 0.15) is 0 Å². The smallest absolute Gasteiger partial charge is 0.251 e. The van der Waals surface area contributed by atoms with E-state index in [1.807, 2.05) is 30.0 Å². The molecule has 5 nitrogen and oxygen atoms in total. The Balaban J connectivity index is 1.66. The summed E-state index contributed by atoms with van der Waals surface area (Å²) in [5.41, 5.74) is 12.7. The molecule has 0 spiro atoms. The van der Waals surface area contributed by atoms with Gasteiger partial charge in [-0.05, 0) is 42.9 Å². The van der Waals surface area contributed by atoms with Gasteiger partial charge in [0, 0.05) is 43.0 Å². The van der Waals surface area contributed by atoms with Gasteiger partial charge in [-0.2, -0.15) is 0 Å². The highest BCUT2D eigenvalue weighted by molar-refractivity contribution is 6.02. The van der Waals surface area contributed by atoms with Gasteiger partial charge >= 0.3 is 0 Å². The first-order valence-corrected chi connectivity index (χ1v) is 11.5. The molecule has 0 unspecified atom stereocenters. The SMILES string of the molecule is CCc1c(-c2ccc(-c3ccccc3)cc2)c(C(N)=O)c(C)n1CCCN1CCCC1=O. The van der Waals surface area contributed by atoms with Crippen LogP contribution in [0.5, 0.6) is 0 Å². The molecular weight excluding hydrogens is 398 g/mol. The van der Waals surface area contributed by atoms with Crippen molar-refractivity contribution in [1.29, 1.82) is 0 Å². The van der Waals surface area contributed by atoms with Gasteiger partial charge in [0.15, 0.2) is 0 Å². The summed E-state index contributed by atoms with van der Waals surface area (Å²) in [5, 5.41) is 0. The summed E-state index contributed by atoms with van der Waals surface area (Å²) in [6.07, 6.45) is 3.28. The topological polar surface area (TPSA) is 68.3 Å². The number of hydrogen-bond acceptors (Lipinski definition) is 2. The summed E-state index contributed by atoms with van der Waals surface area (Å²) in [5.74, 6) is -0.144. The number of hydrogen-bond donors (Lipinski definition) is 1. The number of carbonyl (C=O) groups excluding carboxylic acids is 2. The van der Waals surface area contributed by atoms with Gasteiger partial charge in [0.2, 0.25) is 5.91 Å². The molecule has 0 radical (unpaired) electrons. The van der Waals surface area contributed by atoms with Crippen molar-refractivity contribution < 1.29 is 9.59 Å². The third-order valence-corrected chi connectivity index (χ3v) is 6.47. The lowest BCUT2D eigenvalue weighted by Gasteiger charge is -2.17. The van der Waals surface area contributed by atoms with Crippen LogP contribution in [0.3, 0.4) is 0 Å². The molecule has 2 heterocycles. The molecule has 1 saturated heterocycles. The predicted octanol–water partition coefficient (Wildman–Crippen LogP) is 4.80. The lowest BCUT2D eigenvalue weighted by molar-refractivity contribution is -0.127. The summed E-state index contributed by atoms with van der Waals surface area (Å²) in [4.78, 5) is 26.3. The average Bonchev–Trinajstić information content (AvgIpc) is 3.34. The number of carbonyl (C=O) groups is 2. The van der Waals surface area contributed by atoms with E-state index in [0.29, 0.717) is 12.0 Å².